The summed E-state index contributed by atoms with van der Waals surface area (Å²) in [5, 5.41) is 10.0. The quantitative estimate of drug-likeness (QED) is 0.784. The van der Waals surface area contributed by atoms with E-state index in [9.17, 15) is 4.79 Å². The van der Waals surface area contributed by atoms with Crippen molar-refractivity contribution in [2.75, 3.05) is 5.32 Å². The van der Waals surface area contributed by atoms with Gasteiger partial charge in [-0.1, -0.05) is 5.16 Å². The summed E-state index contributed by atoms with van der Waals surface area (Å²) < 4.78 is 10.2. The first-order chi connectivity index (χ1) is 8.83. The maximum absolute atomic E-state index is 11.8. The van der Waals surface area contributed by atoms with Crippen LogP contribution in [0.25, 0.3) is 11.5 Å². The predicted octanol–water partition coefficient (Wildman–Crippen LogP) is 3.25. The van der Waals surface area contributed by atoms with E-state index in [2.05, 4.69) is 10.5 Å². The van der Waals surface area contributed by atoms with Crippen molar-refractivity contribution in [1.29, 1.82) is 0 Å². The molecule has 0 radical (unpaired) electrons. The molecule has 0 fully saturated rings. The van der Waals surface area contributed by atoms with E-state index in [1.54, 1.807) is 35.9 Å². The molecule has 1 N–H and O–H groups in total. The Balaban J connectivity index is 1.76. The van der Waals surface area contributed by atoms with Gasteiger partial charge in [-0.15, -0.1) is 0 Å². The van der Waals surface area contributed by atoms with Crippen molar-refractivity contribution < 1.29 is 13.7 Å². The number of furan rings is 1. The number of rotatable bonds is 3. The van der Waals surface area contributed by atoms with Crippen molar-refractivity contribution in [2.24, 2.45) is 0 Å². The number of thiophene rings is 1. The van der Waals surface area contributed by atoms with Crippen LogP contribution in [0.5, 0.6) is 0 Å². The van der Waals surface area contributed by atoms with E-state index in [4.69, 9.17) is 8.94 Å². The average Bonchev–Trinajstić information content (AvgIpc) is 3.12. The minimum atomic E-state index is -0.224. The van der Waals surface area contributed by atoms with Gasteiger partial charge >= 0.3 is 0 Å². The van der Waals surface area contributed by atoms with E-state index in [0.29, 0.717) is 17.0 Å². The molecular formula is C12H8N2O3S. The molecule has 0 aliphatic rings. The van der Waals surface area contributed by atoms with Crippen molar-refractivity contribution in [2.45, 2.75) is 0 Å². The molecule has 1 amide bonds. The standard InChI is InChI=1S/C12H8N2O3S/c15-12(8-3-5-18-7-8)13-11-6-9(14-17-11)10-2-1-4-16-10/h1-7H,(H,13,15). The maximum Gasteiger partial charge on any atom is 0.258 e. The Kier molecular flexibility index (Phi) is 2.70. The third kappa shape index (κ3) is 2.05. The van der Waals surface area contributed by atoms with Crippen molar-refractivity contribution >= 4 is 23.1 Å². The summed E-state index contributed by atoms with van der Waals surface area (Å²) in [6.45, 7) is 0. The molecule has 3 aromatic rings. The van der Waals surface area contributed by atoms with Crippen LogP contribution < -0.4 is 5.32 Å². The van der Waals surface area contributed by atoms with Gasteiger partial charge in [0.1, 0.15) is 0 Å². The summed E-state index contributed by atoms with van der Waals surface area (Å²) >= 11 is 1.46. The second kappa shape index (κ2) is 4.50. The van der Waals surface area contributed by atoms with Crippen molar-refractivity contribution in [3.05, 3.63) is 46.9 Å². The van der Waals surface area contributed by atoms with E-state index in [0.717, 1.165) is 0 Å². The van der Waals surface area contributed by atoms with Crippen LogP contribution in [0.2, 0.25) is 0 Å². The molecule has 0 bridgehead atoms. The Morgan fingerprint density at radius 3 is 3.06 bits per heavy atom. The van der Waals surface area contributed by atoms with Gasteiger partial charge in [0.05, 0.1) is 11.8 Å². The van der Waals surface area contributed by atoms with Gasteiger partial charge in [0.15, 0.2) is 11.5 Å². The number of nitrogens with one attached hydrogen (secondary N) is 1. The van der Waals surface area contributed by atoms with Crippen LogP contribution >= 0.6 is 11.3 Å². The summed E-state index contributed by atoms with van der Waals surface area (Å²) in [6.07, 6.45) is 1.55. The molecule has 0 aliphatic carbocycles. The molecule has 0 aromatic carbocycles. The van der Waals surface area contributed by atoms with Crippen LogP contribution in [0.3, 0.4) is 0 Å². The summed E-state index contributed by atoms with van der Waals surface area (Å²) in [5.41, 5.74) is 1.14. The first-order valence-electron chi connectivity index (χ1n) is 5.17. The highest BCUT2D eigenvalue weighted by Gasteiger charge is 2.12. The van der Waals surface area contributed by atoms with E-state index >= 15 is 0 Å². The molecule has 18 heavy (non-hydrogen) atoms. The largest absolute Gasteiger partial charge is 0.463 e. The monoisotopic (exact) mass is 260 g/mol. The molecule has 0 saturated carbocycles. The third-order valence-electron chi connectivity index (χ3n) is 2.30. The summed E-state index contributed by atoms with van der Waals surface area (Å²) in [4.78, 5) is 11.8. The molecule has 0 saturated heterocycles. The fourth-order valence-electron chi connectivity index (χ4n) is 1.45. The molecule has 0 aliphatic heterocycles. The van der Waals surface area contributed by atoms with Crippen molar-refractivity contribution in [1.82, 2.24) is 5.16 Å². The van der Waals surface area contributed by atoms with Gasteiger partial charge in [-0.25, -0.2) is 0 Å². The van der Waals surface area contributed by atoms with E-state index < -0.39 is 0 Å². The topological polar surface area (TPSA) is 68.3 Å². The van der Waals surface area contributed by atoms with Crippen LogP contribution in [0, 0.1) is 0 Å². The Hall–Kier alpha value is -2.34. The molecular weight excluding hydrogens is 252 g/mol. The summed E-state index contributed by atoms with van der Waals surface area (Å²) in [5.74, 6) is 0.658. The maximum atomic E-state index is 11.8. The minimum absolute atomic E-state index is 0.224. The molecule has 0 spiro atoms. The lowest BCUT2D eigenvalue weighted by Gasteiger charge is -1.96. The van der Waals surface area contributed by atoms with Crippen LogP contribution in [-0.2, 0) is 0 Å². The highest BCUT2D eigenvalue weighted by atomic mass is 32.1. The van der Waals surface area contributed by atoms with E-state index in [-0.39, 0.29) is 11.8 Å². The number of aromatic nitrogens is 1. The van der Waals surface area contributed by atoms with Gasteiger partial charge in [0.25, 0.3) is 5.91 Å². The highest BCUT2D eigenvalue weighted by molar-refractivity contribution is 7.08. The molecule has 0 unspecified atom stereocenters. The zero-order chi connectivity index (χ0) is 12.4. The number of carbonyl (C=O) groups excluding carboxylic acids is 1. The number of anilines is 1. The van der Waals surface area contributed by atoms with Gasteiger partial charge in [-0.3, -0.25) is 10.1 Å². The Labute approximate surface area is 106 Å². The Morgan fingerprint density at radius 1 is 1.39 bits per heavy atom. The predicted molar refractivity (Wildman–Crippen MR) is 66.5 cm³/mol. The molecule has 3 heterocycles. The third-order valence-corrected chi connectivity index (χ3v) is 2.99. The van der Waals surface area contributed by atoms with Crippen LogP contribution in [0.15, 0.2) is 50.2 Å². The molecule has 5 nitrogen and oxygen atoms in total. The van der Waals surface area contributed by atoms with Crippen LogP contribution in [0.1, 0.15) is 10.4 Å². The first-order valence-corrected chi connectivity index (χ1v) is 6.11. The fourth-order valence-corrected chi connectivity index (χ4v) is 2.09. The van der Waals surface area contributed by atoms with Gasteiger partial charge in [-0.2, -0.15) is 11.3 Å². The van der Waals surface area contributed by atoms with Gasteiger partial charge < -0.3 is 8.94 Å². The lowest BCUT2D eigenvalue weighted by Crippen LogP contribution is -2.09. The smallest absolute Gasteiger partial charge is 0.258 e. The lowest BCUT2D eigenvalue weighted by atomic mass is 10.3. The molecule has 90 valence electrons. The second-order valence-electron chi connectivity index (χ2n) is 3.52. The summed E-state index contributed by atoms with van der Waals surface area (Å²) in [6, 6.07) is 6.88. The number of carbonyl (C=O) groups is 1. The molecule has 3 rings (SSSR count). The van der Waals surface area contributed by atoms with Crippen molar-refractivity contribution in [3.8, 4) is 11.5 Å². The van der Waals surface area contributed by atoms with E-state index in [1.807, 2.05) is 5.38 Å². The minimum Gasteiger partial charge on any atom is -0.463 e. The Bertz CT molecular complexity index is 641. The first kappa shape index (κ1) is 10.8. The second-order valence-corrected chi connectivity index (χ2v) is 4.30. The SMILES string of the molecule is O=C(Nc1cc(-c2ccco2)no1)c1ccsc1. The summed E-state index contributed by atoms with van der Waals surface area (Å²) in [7, 11) is 0. The Morgan fingerprint density at radius 2 is 2.33 bits per heavy atom. The van der Waals surface area contributed by atoms with Crippen LogP contribution in [0.4, 0.5) is 5.88 Å². The zero-order valence-electron chi connectivity index (χ0n) is 9.12. The lowest BCUT2D eigenvalue weighted by molar-refractivity contribution is 0.102. The molecule has 6 heteroatoms. The average molecular weight is 260 g/mol. The number of hydrogen-bond acceptors (Lipinski definition) is 5. The van der Waals surface area contributed by atoms with Crippen molar-refractivity contribution in [3.63, 3.8) is 0 Å². The normalized spacial score (nSPS) is 10.4. The number of nitrogens with zero attached hydrogens (tertiary/aromatic N) is 1. The van der Waals surface area contributed by atoms with Gasteiger partial charge in [0, 0.05) is 11.4 Å². The zero-order valence-corrected chi connectivity index (χ0v) is 9.94. The number of hydrogen-bond donors (Lipinski definition) is 1. The highest BCUT2D eigenvalue weighted by Crippen LogP contribution is 2.22. The van der Waals surface area contributed by atoms with Gasteiger partial charge in [0.2, 0.25) is 5.88 Å². The molecule has 0 atom stereocenters. The van der Waals surface area contributed by atoms with Crippen LogP contribution in [-0.4, -0.2) is 11.1 Å². The van der Waals surface area contributed by atoms with E-state index in [1.165, 1.54) is 11.3 Å². The number of amides is 1. The fraction of sp³-hybridized carbons (Fsp3) is 0. The van der Waals surface area contributed by atoms with Gasteiger partial charge in [-0.05, 0) is 23.6 Å². The molecule has 3 aromatic heterocycles.